The molecule has 0 bridgehead atoms. The molecule has 1 rings (SSSR count). The quantitative estimate of drug-likeness (QED) is 0.475. The van der Waals surface area contributed by atoms with Gasteiger partial charge < -0.3 is 21.5 Å². The van der Waals surface area contributed by atoms with Gasteiger partial charge in [0.25, 0.3) is 0 Å². The third kappa shape index (κ3) is 3.24. The molecule has 0 atom stereocenters. The summed E-state index contributed by atoms with van der Waals surface area (Å²) in [5, 5.41) is 3.22. The molecule has 0 amide bonds. The third-order valence-electron chi connectivity index (χ3n) is 1.97. The minimum atomic E-state index is 0.697. The van der Waals surface area contributed by atoms with Crippen LogP contribution >= 0.6 is 0 Å². The molecule has 0 heterocycles. The van der Waals surface area contributed by atoms with E-state index in [1.165, 1.54) is 0 Å². The van der Waals surface area contributed by atoms with Crippen LogP contribution < -0.4 is 16.8 Å². The van der Waals surface area contributed by atoms with Gasteiger partial charge in [-0.1, -0.05) is 6.07 Å². The van der Waals surface area contributed by atoms with Crippen molar-refractivity contribution < 1.29 is 4.74 Å². The third-order valence-corrected chi connectivity index (χ3v) is 1.97. The summed E-state index contributed by atoms with van der Waals surface area (Å²) in [5.74, 6) is 0. The number of hydrogen-bond donors (Lipinski definition) is 3. The van der Waals surface area contributed by atoms with Crippen LogP contribution in [0.1, 0.15) is 5.56 Å². The molecule has 0 aromatic heterocycles. The first kappa shape index (κ1) is 10.8. The van der Waals surface area contributed by atoms with Gasteiger partial charge in [0.1, 0.15) is 0 Å². The van der Waals surface area contributed by atoms with E-state index < -0.39 is 0 Å². The highest BCUT2D eigenvalue weighted by atomic mass is 16.5. The second kappa shape index (κ2) is 5.47. The zero-order chi connectivity index (χ0) is 10.4. The fraction of sp³-hybridized carbons (Fsp3) is 0.400. The first-order chi connectivity index (χ1) is 6.74. The number of anilines is 2. The summed E-state index contributed by atoms with van der Waals surface area (Å²) in [7, 11) is 1.68. The number of nitrogens with one attached hydrogen (secondary N) is 1. The lowest BCUT2D eigenvalue weighted by Gasteiger charge is -2.07. The summed E-state index contributed by atoms with van der Waals surface area (Å²) >= 11 is 0. The number of ether oxygens (including phenoxy) is 1. The molecule has 0 saturated carbocycles. The molecule has 5 N–H and O–H groups in total. The Labute approximate surface area is 84.2 Å². The van der Waals surface area contributed by atoms with Crippen LogP contribution in [0.4, 0.5) is 11.4 Å². The van der Waals surface area contributed by atoms with E-state index in [4.69, 9.17) is 16.2 Å². The summed E-state index contributed by atoms with van der Waals surface area (Å²) in [6.07, 6.45) is 0. The van der Waals surface area contributed by atoms with Gasteiger partial charge >= 0.3 is 0 Å². The summed E-state index contributed by atoms with van der Waals surface area (Å²) < 4.78 is 4.92. The van der Waals surface area contributed by atoms with Crippen LogP contribution in [0.3, 0.4) is 0 Å². The van der Waals surface area contributed by atoms with E-state index in [1.807, 2.05) is 12.1 Å². The van der Waals surface area contributed by atoms with Crippen molar-refractivity contribution in [1.29, 1.82) is 0 Å². The summed E-state index contributed by atoms with van der Waals surface area (Å²) in [5.41, 5.74) is 13.9. The largest absolute Gasteiger partial charge is 0.399 e. The molecular formula is C10H17N3O. The normalized spacial score (nSPS) is 10.4. The standard InChI is InChI=1S/C10H17N3O/c1-14-5-4-13-7-8-2-3-9(11)6-10(8)12/h2-3,6,13H,4-5,7,11-12H2,1H3. The maximum atomic E-state index is 5.78. The zero-order valence-electron chi connectivity index (χ0n) is 8.42. The first-order valence-electron chi connectivity index (χ1n) is 4.57. The Morgan fingerprint density at radius 2 is 2.14 bits per heavy atom. The van der Waals surface area contributed by atoms with E-state index in [-0.39, 0.29) is 0 Å². The monoisotopic (exact) mass is 195 g/mol. The first-order valence-corrected chi connectivity index (χ1v) is 4.57. The maximum Gasteiger partial charge on any atom is 0.0587 e. The van der Waals surface area contributed by atoms with E-state index in [9.17, 15) is 0 Å². The van der Waals surface area contributed by atoms with Gasteiger partial charge in [0.05, 0.1) is 6.61 Å². The topological polar surface area (TPSA) is 73.3 Å². The number of nitrogen functional groups attached to an aromatic ring is 2. The van der Waals surface area contributed by atoms with E-state index in [2.05, 4.69) is 5.32 Å². The van der Waals surface area contributed by atoms with Gasteiger partial charge in [0.15, 0.2) is 0 Å². The van der Waals surface area contributed by atoms with Crippen LogP contribution in [0.15, 0.2) is 18.2 Å². The van der Waals surface area contributed by atoms with Crippen molar-refractivity contribution in [2.45, 2.75) is 6.54 Å². The summed E-state index contributed by atoms with van der Waals surface area (Å²) in [6, 6.07) is 5.56. The Hall–Kier alpha value is -1.26. The molecule has 0 spiro atoms. The fourth-order valence-electron chi connectivity index (χ4n) is 1.17. The lowest BCUT2D eigenvalue weighted by molar-refractivity contribution is 0.199. The number of hydrogen-bond acceptors (Lipinski definition) is 4. The van der Waals surface area contributed by atoms with E-state index >= 15 is 0 Å². The molecule has 14 heavy (non-hydrogen) atoms. The predicted molar refractivity (Wildman–Crippen MR) is 58.8 cm³/mol. The highest BCUT2D eigenvalue weighted by molar-refractivity contribution is 5.56. The van der Waals surface area contributed by atoms with Crippen LogP contribution in [0.2, 0.25) is 0 Å². The Balaban J connectivity index is 2.42. The molecule has 0 aliphatic rings. The van der Waals surface area contributed by atoms with Crippen LogP contribution in [0.25, 0.3) is 0 Å². The molecular weight excluding hydrogens is 178 g/mol. The second-order valence-corrected chi connectivity index (χ2v) is 3.13. The lowest BCUT2D eigenvalue weighted by atomic mass is 10.1. The van der Waals surface area contributed by atoms with Gasteiger partial charge in [0.2, 0.25) is 0 Å². The van der Waals surface area contributed by atoms with Crippen molar-refractivity contribution in [1.82, 2.24) is 5.32 Å². The van der Waals surface area contributed by atoms with Crippen LogP contribution in [-0.2, 0) is 11.3 Å². The Bertz CT molecular complexity index is 289. The number of benzene rings is 1. The zero-order valence-corrected chi connectivity index (χ0v) is 8.42. The molecule has 0 aliphatic heterocycles. The number of rotatable bonds is 5. The van der Waals surface area contributed by atoms with Crippen molar-refractivity contribution in [2.24, 2.45) is 0 Å². The molecule has 0 saturated heterocycles. The van der Waals surface area contributed by atoms with Gasteiger partial charge in [-0.15, -0.1) is 0 Å². The maximum absolute atomic E-state index is 5.78. The van der Waals surface area contributed by atoms with Crippen molar-refractivity contribution in [3.8, 4) is 0 Å². The van der Waals surface area contributed by atoms with E-state index in [0.29, 0.717) is 12.3 Å². The van der Waals surface area contributed by atoms with Crippen molar-refractivity contribution >= 4 is 11.4 Å². The highest BCUT2D eigenvalue weighted by Gasteiger charge is 1.98. The fourth-order valence-corrected chi connectivity index (χ4v) is 1.17. The molecule has 78 valence electrons. The van der Waals surface area contributed by atoms with Crippen molar-refractivity contribution in [3.05, 3.63) is 23.8 Å². The second-order valence-electron chi connectivity index (χ2n) is 3.13. The average Bonchev–Trinajstić information content (AvgIpc) is 2.15. The Morgan fingerprint density at radius 1 is 1.36 bits per heavy atom. The summed E-state index contributed by atoms with van der Waals surface area (Å²) in [4.78, 5) is 0. The van der Waals surface area contributed by atoms with Crippen LogP contribution in [-0.4, -0.2) is 20.3 Å². The van der Waals surface area contributed by atoms with Gasteiger partial charge in [-0.25, -0.2) is 0 Å². The van der Waals surface area contributed by atoms with Gasteiger partial charge in [-0.3, -0.25) is 0 Å². The average molecular weight is 195 g/mol. The molecule has 0 unspecified atom stereocenters. The molecule has 1 aromatic rings. The van der Waals surface area contributed by atoms with Crippen molar-refractivity contribution in [3.63, 3.8) is 0 Å². The van der Waals surface area contributed by atoms with E-state index in [0.717, 1.165) is 24.3 Å². The van der Waals surface area contributed by atoms with Crippen LogP contribution in [0, 0.1) is 0 Å². The van der Waals surface area contributed by atoms with Gasteiger partial charge in [0, 0.05) is 31.6 Å². The van der Waals surface area contributed by atoms with Crippen LogP contribution in [0.5, 0.6) is 0 Å². The molecule has 1 aromatic carbocycles. The SMILES string of the molecule is COCCNCc1ccc(N)cc1N. The Morgan fingerprint density at radius 3 is 2.79 bits per heavy atom. The van der Waals surface area contributed by atoms with Crippen molar-refractivity contribution in [2.75, 3.05) is 31.7 Å². The molecule has 4 nitrogen and oxygen atoms in total. The Kier molecular flexibility index (Phi) is 4.22. The molecule has 0 radical (unpaired) electrons. The van der Waals surface area contributed by atoms with E-state index in [1.54, 1.807) is 13.2 Å². The highest BCUT2D eigenvalue weighted by Crippen LogP contribution is 2.14. The lowest BCUT2D eigenvalue weighted by Crippen LogP contribution is -2.19. The smallest absolute Gasteiger partial charge is 0.0587 e. The van der Waals surface area contributed by atoms with Gasteiger partial charge in [-0.05, 0) is 17.7 Å². The molecule has 0 fully saturated rings. The minimum absolute atomic E-state index is 0.697. The molecule has 4 heteroatoms. The molecule has 0 aliphatic carbocycles. The predicted octanol–water partition coefficient (Wildman–Crippen LogP) is 0.587. The number of methoxy groups -OCH3 is 1. The van der Waals surface area contributed by atoms with Gasteiger partial charge in [-0.2, -0.15) is 0 Å². The number of nitrogens with two attached hydrogens (primary N) is 2. The minimum Gasteiger partial charge on any atom is -0.399 e. The summed E-state index contributed by atoms with van der Waals surface area (Å²) in [6.45, 7) is 2.27.